The van der Waals surface area contributed by atoms with Gasteiger partial charge in [0.2, 0.25) is 0 Å². The molecule has 1 atom stereocenters. The molecule has 1 aromatic heterocycles. The lowest BCUT2D eigenvalue weighted by molar-refractivity contribution is -0.132. The van der Waals surface area contributed by atoms with Crippen molar-refractivity contribution in [3.63, 3.8) is 0 Å². The first-order valence-electron chi connectivity index (χ1n) is 11.2. The third-order valence-corrected chi connectivity index (χ3v) is 6.12. The highest BCUT2D eigenvalue weighted by atomic mass is 16.6. The van der Waals surface area contributed by atoms with E-state index in [1.807, 2.05) is 24.3 Å². The van der Waals surface area contributed by atoms with Crippen molar-refractivity contribution in [1.82, 2.24) is 4.98 Å². The number of ketones is 1. The lowest BCUT2D eigenvalue weighted by atomic mass is 9.95. The third-order valence-electron chi connectivity index (χ3n) is 6.12. The number of anilines is 1. The van der Waals surface area contributed by atoms with E-state index in [0.29, 0.717) is 47.4 Å². The van der Waals surface area contributed by atoms with Crippen molar-refractivity contribution >= 4 is 23.1 Å². The number of aliphatic hydroxyl groups is 1. The molecule has 1 unspecified atom stereocenters. The molecule has 1 fully saturated rings. The van der Waals surface area contributed by atoms with Crippen LogP contribution in [0, 0.1) is 0 Å². The number of nitrogens with zero attached hydrogens (tertiary/aromatic N) is 2. The molecule has 0 saturated carbocycles. The summed E-state index contributed by atoms with van der Waals surface area (Å²) in [5.74, 6) is -0.331. The summed E-state index contributed by atoms with van der Waals surface area (Å²) in [6.45, 7) is 5.02. The van der Waals surface area contributed by atoms with Crippen LogP contribution < -0.4 is 14.4 Å². The molecule has 0 bridgehead atoms. The number of carbonyl (C=O) groups is 2. The number of hydrogen-bond acceptors (Lipinski definition) is 6. The molecule has 0 spiro atoms. The maximum atomic E-state index is 13.3. The normalized spacial score (nSPS) is 19.0. The van der Waals surface area contributed by atoms with E-state index in [2.05, 4.69) is 18.8 Å². The summed E-state index contributed by atoms with van der Waals surface area (Å²) in [5, 5.41) is 11.3. The van der Waals surface area contributed by atoms with Crippen LogP contribution >= 0.6 is 0 Å². The second kappa shape index (κ2) is 8.67. The number of carbonyl (C=O) groups excluding carboxylic acids is 2. The van der Waals surface area contributed by atoms with Gasteiger partial charge in [-0.2, -0.15) is 0 Å². The topological polar surface area (TPSA) is 89.0 Å². The van der Waals surface area contributed by atoms with Gasteiger partial charge in [0.15, 0.2) is 11.5 Å². The average Bonchev–Trinajstić information content (AvgIpc) is 3.14. The Balaban J connectivity index is 1.65. The molecular weight excluding hydrogens is 432 g/mol. The van der Waals surface area contributed by atoms with Crippen LogP contribution in [0.1, 0.15) is 42.5 Å². The van der Waals surface area contributed by atoms with Crippen LogP contribution in [-0.2, 0) is 9.59 Å². The largest absolute Gasteiger partial charge is 0.507 e. The summed E-state index contributed by atoms with van der Waals surface area (Å²) in [7, 11) is 0. The van der Waals surface area contributed by atoms with Crippen molar-refractivity contribution in [2.24, 2.45) is 0 Å². The Kier molecular flexibility index (Phi) is 5.53. The highest BCUT2D eigenvalue weighted by Crippen LogP contribution is 2.43. The van der Waals surface area contributed by atoms with E-state index in [4.69, 9.17) is 9.47 Å². The molecule has 34 heavy (non-hydrogen) atoms. The molecular formula is C27H24N2O5. The highest BCUT2D eigenvalue weighted by Gasteiger charge is 2.47. The minimum atomic E-state index is -0.805. The number of fused-ring (bicyclic) bond motifs is 1. The summed E-state index contributed by atoms with van der Waals surface area (Å²) in [6, 6.07) is 15.2. The van der Waals surface area contributed by atoms with Gasteiger partial charge in [0.1, 0.15) is 19.0 Å². The molecule has 2 aliphatic rings. The maximum Gasteiger partial charge on any atom is 0.300 e. The predicted octanol–water partition coefficient (Wildman–Crippen LogP) is 4.60. The molecule has 1 N–H and O–H groups in total. The number of rotatable bonds is 4. The molecule has 3 aromatic rings. The van der Waals surface area contributed by atoms with Gasteiger partial charge in [-0.05, 0) is 59.5 Å². The van der Waals surface area contributed by atoms with Gasteiger partial charge in [-0.3, -0.25) is 19.5 Å². The molecule has 0 radical (unpaired) electrons. The fraction of sp³-hybridized carbons (Fsp3) is 0.222. The lowest BCUT2D eigenvalue weighted by Crippen LogP contribution is -2.29. The first kappa shape index (κ1) is 21.7. The average molecular weight is 456 g/mol. The molecule has 3 heterocycles. The zero-order valence-corrected chi connectivity index (χ0v) is 18.9. The SMILES string of the molecule is CC(C)c1ccc(N2C(=O)C(=O)/C(=C(\O)c3ccc4c(c3)OCCO4)C2c2ccncc2)cc1. The maximum absolute atomic E-state index is 13.3. The fourth-order valence-corrected chi connectivity index (χ4v) is 4.33. The Morgan fingerprint density at radius 2 is 1.65 bits per heavy atom. The van der Waals surface area contributed by atoms with Gasteiger partial charge in [-0.1, -0.05) is 26.0 Å². The number of ether oxygens (including phenoxy) is 2. The summed E-state index contributed by atoms with van der Waals surface area (Å²) in [5.41, 5.74) is 2.75. The van der Waals surface area contributed by atoms with Gasteiger partial charge in [-0.15, -0.1) is 0 Å². The number of hydrogen-bond donors (Lipinski definition) is 1. The van der Waals surface area contributed by atoms with Crippen LogP contribution in [0.3, 0.4) is 0 Å². The molecule has 0 aliphatic carbocycles. The molecule has 1 saturated heterocycles. The van der Waals surface area contributed by atoms with Gasteiger partial charge >= 0.3 is 0 Å². The lowest BCUT2D eigenvalue weighted by Gasteiger charge is -2.26. The fourth-order valence-electron chi connectivity index (χ4n) is 4.33. The van der Waals surface area contributed by atoms with E-state index in [1.165, 1.54) is 4.90 Å². The van der Waals surface area contributed by atoms with Crippen molar-refractivity contribution in [2.45, 2.75) is 25.8 Å². The van der Waals surface area contributed by atoms with E-state index in [9.17, 15) is 14.7 Å². The van der Waals surface area contributed by atoms with Crippen molar-refractivity contribution < 1.29 is 24.2 Å². The van der Waals surface area contributed by atoms with E-state index in [0.717, 1.165) is 5.56 Å². The Morgan fingerprint density at radius 3 is 2.32 bits per heavy atom. The summed E-state index contributed by atoms with van der Waals surface area (Å²) in [4.78, 5) is 32.0. The van der Waals surface area contributed by atoms with Gasteiger partial charge < -0.3 is 14.6 Å². The number of amides is 1. The summed E-state index contributed by atoms with van der Waals surface area (Å²) >= 11 is 0. The van der Waals surface area contributed by atoms with Crippen LogP contribution in [0.15, 0.2) is 72.6 Å². The minimum absolute atomic E-state index is 0.0146. The molecule has 172 valence electrons. The third kappa shape index (κ3) is 3.69. The van der Waals surface area contributed by atoms with E-state index in [1.54, 1.807) is 42.7 Å². The number of Topliss-reactive ketones (excluding diaryl/α,β-unsaturated/α-hetero) is 1. The molecule has 5 rings (SSSR count). The van der Waals surface area contributed by atoms with E-state index < -0.39 is 17.7 Å². The second-order valence-electron chi connectivity index (χ2n) is 8.55. The number of benzene rings is 2. The summed E-state index contributed by atoms with van der Waals surface area (Å²) < 4.78 is 11.2. The quantitative estimate of drug-likeness (QED) is 0.351. The smallest absolute Gasteiger partial charge is 0.300 e. The van der Waals surface area contributed by atoms with Crippen molar-refractivity contribution in [2.75, 3.05) is 18.1 Å². The number of pyridine rings is 1. The van der Waals surface area contributed by atoms with Crippen molar-refractivity contribution in [3.05, 3.63) is 89.3 Å². The van der Waals surface area contributed by atoms with Gasteiger partial charge in [0, 0.05) is 23.6 Å². The zero-order valence-electron chi connectivity index (χ0n) is 18.9. The molecule has 1 amide bonds. The van der Waals surface area contributed by atoms with Crippen LogP contribution in [0.25, 0.3) is 5.76 Å². The van der Waals surface area contributed by atoms with Crippen LogP contribution in [-0.4, -0.2) is 35.0 Å². The first-order chi connectivity index (χ1) is 16.5. The van der Waals surface area contributed by atoms with Crippen molar-refractivity contribution in [1.29, 1.82) is 0 Å². The molecule has 2 aromatic carbocycles. The van der Waals surface area contributed by atoms with Gasteiger partial charge in [0.25, 0.3) is 11.7 Å². The van der Waals surface area contributed by atoms with E-state index in [-0.39, 0.29) is 11.3 Å². The van der Waals surface area contributed by atoms with Crippen LogP contribution in [0.4, 0.5) is 5.69 Å². The second-order valence-corrected chi connectivity index (χ2v) is 8.55. The molecule has 2 aliphatic heterocycles. The van der Waals surface area contributed by atoms with Crippen LogP contribution in [0.5, 0.6) is 11.5 Å². The summed E-state index contributed by atoms with van der Waals surface area (Å²) in [6.07, 6.45) is 3.20. The predicted molar refractivity (Wildman–Crippen MR) is 127 cm³/mol. The van der Waals surface area contributed by atoms with Gasteiger partial charge in [-0.25, -0.2) is 0 Å². The zero-order chi connectivity index (χ0) is 23.8. The minimum Gasteiger partial charge on any atom is -0.507 e. The number of aliphatic hydroxyl groups excluding tert-OH is 1. The monoisotopic (exact) mass is 456 g/mol. The highest BCUT2D eigenvalue weighted by molar-refractivity contribution is 6.51. The van der Waals surface area contributed by atoms with Crippen molar-refractivity contribution in [3.8, 4) is 11.5 Å². The Bertz CT molecular complexity index is 1280. The Morgan fingerprint density at radius 1 is 0.971 bits per heavy atom. The molecule has 7 heteroatoms. The van der Waals surface area contributed by atoms with Gasteiger partial charge in [0.05, 0.1) is 11.6 Å². The number of aromatic nitrogens is 1. The first-order valence-corrected chi connectivity index (χ1v) is 11.2. The molecule has 7 nitrogen and oxygen atoms in total. The Hall–Kier alpha value is -4.13. The Labute approximate surface area is 197 Å². The standard InChI is InChI=1S/C27H24N2O5/c1-16(2)17-3-6-20(7-4-17)29-24(18-9-11-28-12-10-18)23(26(31)27(29)32)25(30)19-5-8-21-22(15-19)34-14-13-33-21/h3-12,15-16,24,30H,13-14H2,1-2H3/b25-23-. The van der Waals surface area contributed by atoms with E-state index >= 15 is 0 Å². The van der Waals surface area contributed by atoms with Crippen LogP contribution in [0.2, 0.25) is 0 Å².